The first-order chi connectivity index (χ1) is 10.3. The first-order valence-electron chi connectivity index (χ1n) is 9.02. The number of rotatable bonds is 2. The molecule has 0 spiro atoms. The number of hydrogen-bond donors (Lipinski definition) is 2. The Hall–Kier alpha value is -0.0900. The van der Waals surface area contributed by atoms with Crippen LogP contribution in [0.25, 0.3) is 0 Å². The van der Waals surface area contributed by atoms with Gasteiger partial charge in [0.05, 0.1) is 5.41 Å². The minimum Gasteiger partial charge on any atom is -0.353 e. The molecule has 0 unspecified atom stereocenters. The number of hydrogen-bond acceptors (Lipinski definition) is 2. The Balaban J connectivity index is 1.78. The summed E-state index contributed by atoms with van der Waals surface area (Å²) in [7, 11) is 0. The molecule has 2 bridgehead atoms. The van der Waals surface area contributed by atoms with Gasteiger partial charge in [-0.3, -0.25) is 4.79 Å². The third-order valence-electron chi connectivity index (χ3n) is 7.50. The molecule has 1 heterocycles. The van der Waals surface area contributed by atoms with E-state index in [0.29, 0.717) is 4.83 Å². The summed E-state index contributed by atoms with van der Waals surface area (Å²) < 4.78 is 0. The predicted molar refractivity (Wildman–Crippen MR) is 98.7 cm³/mol. The van der Waals surface area contributed by atoms with E-state index in [1.54, 1.807) is 0 Å². The minimum atomic E-state index is -0.235. The Kier molecular flexibility index (Phi) is 3.66. The van der Waals surface area contributed by atoms with E-state index >= 15 is 0 Å². The summed E-state index contributed by atoms with van der Waals surface area (Å²) in [5.41, 5.74) is 0.198. The molecule has 4 rings (SSSR count). The van der Waals surface area contributed by atoms with Gasteiger partial charge in [0.1, 0.15) is 0 Å². The quantitative estimate of drug-likeness (QED) is 0.706. The van der Waals surface area contributed by atoms with Crippen LogP contribution in [0.3, 0.4) is 0 Å². The fourth-order valence-corrected chi connectivity index (χ4v) is 8.01. The summed E-state index contributed by atoms with van der Waals surface area (Å²) in [5, 5.41) is 7.14. The van der Waals surface area contributed by atoms with Crippen LogP contribution >= 0.6 is 15.9 Å². The van der Waals surface area contributed by atoms with Crippen molar-refractivity contribution in [1.29, 1.82) is 0 Å². The highest BCUT2D eigenvalue weighted by molar-refractivity contribution is 9.09. The lowest BCUT2D eigenvalue weighted by molar-refractivity contribution is -0.163. The van der Waals surface area contributed by atoms with Gasteiger partial charge in [0, 0.05) is 21.9 Å². The molecule has 2 N–H and O–H groups in total. The van der Waals surface area contributed by atoms with Crippen molar-refractivity contribution in [3.63, 3.8) is 0 Å². The molecule has 0 aromatic rings. The zero-order chi connectivity index (χ0) is 17.5. The Morgan fingerprint density at radius 1 is 1.00 bits per heavy atom. The zero-order valence-electron chi connectivity index (χ0n) is 15.8. The van der Waals surface area contributed by atoms with Crippen molar-refractivity contribution in [3.8, 4) is 0 Å². The van der Waals surface area contributed by atoms with Crippen molar-refractivity contribution in [2.24, 2.45) is 16.2 Å². The van der Waals surface area contributed by atoms with Crippen LogP contribution in [0.15, 0.2) is 0 Å². The third-order valence-corrected chi connectivity index (χ3v) is 9.30. The van der Waals surface area contributed by atoms with E-state index in [2.05, 4.69) is 75.0 Å². The number of halogens is 1. The molecular weight excluding hydrogens is 352 g/mol. The van der Waals surface area contributed by atoms with Gasteiger partial charge in [-0.25, -0.2) is 0 Å². The topological polar surface area (TPSA) is 41.1 Å². The number of carbonyl (C=O) groups is 1. The summed E-state index contributed by atoms with van der Waals surface area (Å²) in [6, 6.07) is 0.256. The Morgan fingerprint density at radius 3 is 1.91 bits per heavy atom. The fourth-order valence-electron chi connectivity index (χ4n) is 6.20. The molecule has 0 aromatic heterocycles. The van der Waals surface area contributed by atoms with Crippen LogP contribution in [0.2, 0.25) is 0 Å². The maximum absolute atomic E-state index is 13.3. The summed E-state index contributed by atoms with van der Waals surface area (Å²) in [4.78, 5) is 13.6. The molecule has 3 saturated carbocycles. The summed E-state index contributed by atoms with van der Waals surface area (Å²) in [6.45, 7) is 15.8. The van der Waals surface area contributed by atoms with Crippen LogP contribution in [-0.2, 0) is 4.79 Å². The van der Waals surface area contributed by atoms with Gasteiger partial charge in [-0.2, -0.15) is 0 Å². The summed E-state index contributed by atoms with van der Waals surface area (Å²) in [6.07, 6.45) is 4.13. The van der Waals surface area contributed by atoms with E-state index in [1.165, 1.54) is 0 Å². The number of alkyl halides is 1. The van der Waals surface area contributed by atoms with Crippen molar-refractivity contribution in [2.75, 3.05) is 0 Å². The second kappa shape index (κ2) is 4.75. The molecule has 1 amide bonds. The van der Waals surface area contributed by atoms with E-state index in [1.807, 2.05) is 0 Å². The lowest BCUT2D eigenvalue weighted by Gasteiger charge is -2.64. The second-order valence-corrected chi connectivity index (χ2v) is 11.3. The number of carbonyl (C=O) groups excluding carboxylic acids is 1. The first-order valence-corrected chi connectivity index (χ1v) is 9.93. The highest BCUT2D eigenvalue weighted by Crippen LogP contribution is 2.79. The van der Waals surface area contributed by atoms with Gasteiger partial charge in [-0.1, -0.05) is 36.7 Å². The van der Waals surface area contributed by atoms with Crippen LogP contribution in [0.4, 0.5) is 0 Å². The van der Waals surface area contributed by atoms with Crippen molar-refractivity contribution < 1.29 is 4.79 Å². The molecular formula is C19H33BrN2O. The standard InChI is InChI=1S/C19H33BrN2O/c1-15(2)10-12(11-16(3,4)22-15)21-14(23)19-9-8-18(7,13(19)20)17(19,5)6/h12-13,22H,8-11H2,1-7H3,(H,21,23)/t13-,18+,19-/m0/s1. The van der Waals surface area contributed by atoms with Crippen LogP contribution in [-0.4, -0.2) is 27.9 Å². The van der Waals surface area contributed by atoms with Crippen LogP contribution in [0.5, 0.6) is 0 Å². The lowest BCUT2D eigenvalue weighted by atomic mass is 9.43. The van der Waals surface area contributed by atoms with Crippen LogP contribution < -0.4 is 10.6 Å². The first kappa shape index (κ1) is 17.7. The monoisotopic (exact) mass is 384 g/mol. The maximum atomic E-state index is 13.3. The highest BCUT2D eigenvalue weighted by Gasteiger charge is 2.80. The SMILES string of the molecule is CC1(C)CC(NC(=O)[C@]23CC[C@](C)([C@@H]2Br)C3(C)C)CC(C)(C)N1. The van der Waals surface area contributed by atoms with Crippen LogP contribution in [0, 0.1) is 16.2 Å². The zero-order valence-corrected chi connectivity index (χ0v) is 17.4. The number of amides is 1. The largest absolute Gasteiger partial charge is 0.353 e. The van der Waals surface area contributed by atoms with Gasteiger partial charge >= 0.3 is 0 Å². The van der Waals surface area contributed by atoms with E-state index in [4.69, 9.17) is 0 Å². The van der Waals surface area contributed by atoms with Gasteiger partial charge < -0.3 is 10.6 Å². The molecule has 0 aromatic carbocycles. The van der Waals surface area contributed by atoms with Crippen LogP contribution in [0.1, 0.15) is 74.1 Å². The van der Waals surface area contributed by atoms with Crippen molar-refractivity contribution in [2.45, 2.75) is 96.1 Å². The average molecular weight is 385 g/mol. The molecule has 0 radical (unpaired) electrons. The summed E-state index contributed by atoms with van der Waals surface area (Å²) >= 11 is 3.88. The van der Waals surface area contributed by atoms with E-state index in [-0.39, 0.29) is 39.3 Å². The maximum Gasteiger partial charge on any atom is 0.228 e. The molecule has 4 heteroatoms. The smallest absolute Gasteiger partial charge is 0.228 e. The number of piperidine rings is 1. The number of fused-ring (bicyclic) bond motifs is 1. The van der Waals surface area contributed by atoms with Gasteiger partial charge in [0.25, 0.3) is 0 Å². The Bertz CT molecular complexity index is 525. The molecule has 1 aliphatic heterocycles. The molecule has 1 saturated heterocycles. The third kappa shape index (κ3) is 2.19. The van der Waals surface area contributed by atoms with Crippen molar-refractivity contribution in [1.82, 2.24) is 10.6 Å². The predicted octanol–water partition coefficient (Wildman–Crippen LogP) is 4.00. The second-order valence-electron chi connectivity index (χ2n) is 10.3. The average Bonchev–Trinajstić information content (AvgIpc) is 2.73. The van der Waals surface area contributed by atoms with Gasteiger partial charge in [-0.05, 0) is 64.2 Å². The molecule has 4 aliphatic rings. The van der Waals surface area contributed by atoms with E-state index < -0.39 is 0 Å². The Morgan fingerprint density at radius 2 is 1.52 bits per heavy atom. The molecule has 4 fully saturated rings. The summed E-state index contributed by atoms with van der Waals surface area (Å²) in [5.74, 6) is 0.276. The number of nitrogens with one attached hydrogen (secondary N) is 2. The fraction of sp³-hybridized carbons (Fsp3) is 0.947. The normalized spacial score (nSPS) is 43.7. The van der Waals surface area contributed by atoms with Crippen molar-refractivity contribution >= 4 is 21.8 Å². The van der Waals surface area contributed by atoms with E-state index in [0.717, 1.165) is 25.7 Å². The molecule has 3 aliphatic carbocycles. The molecule has 3 atom stereocenters. The molecule has 23 heavy (non-hydrogen) atoms. The molecule has 3 nitrogen and oxygen atoms in total. The Labute approximate surface area is 149 Å². The van der Waals surface area contributed by atoms with Crippen molar-refractivity contribution in [3.05, 3.63) is 0 Å². The highest BCUT2D eigenvalue weighted by atomic mass is 79.9. The minimum absolute atomic E-state index is 0.0600. The van der Waals surface area contributed by atoms with Gasteiger partial charge in [0.15, 0.2) is 0 Å². The van der Waals surface area contributed by atoms with Gasteiger partial charge in [0.2, 0.25) is 5.91 Å². The van der Waals surface area contributed by atoms with Gasteiger partial charge in [-0.15, -0.1) is 0 Å². The van der Waals surface area contributed by atoms with E-state index in [9.17, 15) is 4.79 Å². The lowest BCUT2D eigenvalue weighted by Crippen LogP contribution is -2.71. The molecule has 132 valence electrons.